The van der Waals surface area contributed by atoms with E-state index < -0.39 is 4.92 Å². The summed E-state index contributed by atoms with van der Waals surface area (Å²) in [5.41, 5.74) is 1.32. The van der Waals surface area contributed by atoms with Gasteiger partial charge in [-0.3, -0.25) is 10.1 Å². The second-order valence-electron chi connectivity index (χ2n) is 4.05. The van der Waals surface area contributed by atoms with Crippen molar-refractivity contribution in [3.05, 3.63) is 56.6 Å². The molecule has 0 spiro atoms. The van der Waals surface area contributed by atoms with Gasteiger partial charge in [0.15, 0.2) is 5.58 Å². The predicted molar refractivity (Wildman–Crippen MR) is 76.1 cm³/mol. The van der Waals surface area contributed by atoms with E-state index in [4.69, 9.17) is 27.6 Å². The van der Waals surface area contributed by atoms with Crippen LogP contribution in [0.25, 0.3) is 22.6 Å². The molecule has 0 aliphatic heterocycles. The molecule has 0 aliphatic rings. The summed E-state index contributed by atoms with van der Waals surface area (Å²) >= 11 is 12.0. The summed E-state index contributed by atoms with van der Waals surface area (Å²) in [6.45, 7) is 0. The van der Waals surface area contributed by atoms with Gasteiger partial charge >= 0.3 is 0 Å². The average molecular weight is 309 g/mol. The van der Waals surface area contributed by atoms with Gasteiger partial charge in [0.25, 0.3) is 5.69 Å². The largest absolute Gasteiger partial charge is 0.436 e. The van der Waals surface area contributed by atoms with Crippen LogP contribution in [-0.4, -0.2) is 9.91 Å². The van der Waals surface area contributed by atoms with Crippen molar-refractivity contribution >= 4 is 40.0 Å². The Labute approximate surface area is 122 Å². The molecular weight excluding hydrogens is 303 g/mol. The van der Waals surface area contributed by atoms with Crippen LogP contribution in [0.1, 0.15) is 0 Å². The quantitative estimate of drug-likeness (QED) is 0.508. The highest BCUT2D eigenvalue weighted by Crippen LogP contribution is 2.33. The van der Waals surface area contributed by atoms with Crippen molar-refractivity contribution in [2.45, 2.75) is 0 Å². The number of oxazole rings is 1. The van der Waals surface area contributed by atoms with Gasteiger partial charge in [0.2, 0.25) is 5.89 Å². The number of nitrogens with zero attached hydrogens (tertiary/aromatic N) is 2. The van der Waals surface area contributed by atoms with Crippen molar-refractivity contribution in [2.24, 2.45) is 0 Å². The zero-order valence-corrected chi connectivity index (χ0v) is 11.4. The number of halogens is 2. The topological polar surface area (TPSA) is 69.2 Å². The van der Waals surface area contributed by atoms with Crippen molar-refractivity contribution in [3.8, 4) is 11.5 Å². The Hall–Kier alpha value is -2.11. The number of hydrogen-bond acceptors (Lipinski definition) is 4. The molecule has 0 fully saturated rings. The van der Waals surface area contributed by atoms with E-state index >= 15 is 0 Å². The predicted octanol–water partition coefficient (Wildman–Crippen LogP) is 4.71. The van der Waals surface area contributed by atoms with E-state index in [0.717, 1.165) is 0 Å². The van der Waals surface area contributed by atoms with Crippen LogP contribution in [0.4, 0.5) is 5.69 Å². The van der Waals surface area contributed by atoms with E-state index in [1.807, 2.05) is 0 Å². The van der Waals surface area contributed by atoms with Crippen LogP contribution >= 0.6 is 23.2 Å². The standard InChI is InChI=1S/C13H6Cl2N2O3/c14-7-1-3-10(15)9(5-7)13-16-11-4-2-8(17(18)19)6-12(11)20-13/h1-6H. The number of rotatable bonds is 2. The smallest absolute Gasteiger partial charge is 0.273 e. The first-order valence-corrected chi connectivity index (χ1v) is 6.30. The van der Waals surface area contributed by atoms with Crippen LogP contribution in [0.5, 0.6) is 0 Å². The first-order chi connectivity index (χ1) is 9.54. The lowest BCUT2D eigenvalue weighted by Gasteiger charge is -1.99. The molecule has 3 rings (SSSR count). The van der Waals surface area contributed by atoms with Crippen molar-refractivity contribution < 1.29 is 9.34 Å². The molecule has 5 nitrogen and oxygen atoms in total. The molecular formula is C13H6Cl2N2O3. The van der Waals surface area contributed by atoms with Crippen LogP contribution < -0.4 is 0 Å². The van der Waals surface area contributed by atoms with Crippen LogP contribution in [0.3, 0.4) is 0 Å². The fraction of sp³-hybridized carbons (Fsp3) is 0. The molecule has 0 bridgehead atoms. The highest BCUT2D eigenvalue weighted by Gasteiger charge is 2.15. The van der Waals surface area contributed by atoms with Crippen molar-refractivity contribution in [3.63, 3.8) is 0 Å². The highest BCUT2D eigenvalue weighted by molar-refractivity contribution is 6.35. The normalized spacial score (nSPS) is 10.9. The Morgan fingerprint density at radius 2 is 1.95 bits per heavy atom. The molecule has 0 atom stereocenters. The minimum Gasteiger partial charge on any atom is -0.436 e. The Kier molecular flexibility index (Phi) is 3.08. The summed E-state index contributed by atoms with van der Waals surface area (Å²) in [6.07, 6.45) is 0. The monoisotopic (exact) mass is 308 g/mol. The summed E-state index contributed by atoms with van der Waals surface area (Å²) < 4.78 is 5.52. The second-order valence-corrected chi connectivity index (χ2v) is 4.90. The Morgan fingerprint density at radius 1 is 1.15 bits per heavy atom. The number of benzene rings is 2. The van der Waals surface area contributed by atoms with E-state index in [0.29, 0.717) is 26.7 Å². The van der Waals surface area contributed by atoms with Crippen molar-refractivity contribution in [2.75, 3.05) is 0 Å². The molecule has 100 valence electrons. The molecule has 0 unspecified atom stereocenters. The fourth-order valence-electron chi connectivity index (χ4n) is 1.80. The third kappa shape index (κ3) is 2.21. The number of hydrogen-bond donors (Lipinski definition) is 0. The van der Waals surface area contributed by atoms with Crippen LogP contribution in [-0.2, 0) is 0 Å². The lowest BCUT2D eigenvalue weighted by atomic mass is 10.2. The molecule has 7 heteroatoms. The van der Waals surface area contributed by atoms with E-state index in [9.17, 15) is 10.1 Å². The number of fused-ring (bicyclic) bond motifs is 1. The van der Waals surface area contributed by atoms with Gasteiger partial charge in [-0.1, -0.05) is 23.2 Å². The molecule has 0 N–H and O–H groups in total. The van der Waals surface area contributed by atoms with E-state index in [2.05, 4.69) is 4.98 Å². The van der Waals surface area contributed by atoms with Gasteiger partial charge in [-0.05, 0) is 24.3 Å². The lowest BCUT2D eigenvalue weighted by molar-refractivity contribution is -0.384. The van der Waals surface area contributed by atoms with Gasteiger partial charge in [-0.2, -0.15) is 0 Å². The molecule has 0 saturated carbocycles. The summed E-state index contributed by atoms with van der Waals surface area (Å²) in [6, 6.07) is 9.14. The molecule has 3 aromatic rings. The molecule has 0 aliphatic carbocycles. The Morgan fingerprint density at radius 3 is 2.70 bits per heavy atom. The molecule has 0 amide bonds. The van der Waals surface area contributed by atoms with Gasteiger partial charge in [-0.15, -0.1) is 0 Å². The van der Waals surface area contributed by atoms with E-state index in [-0.39, 0.29) is 11.6 Å². The average Bonchev–Trinajstić information content (AvgIpc) is 2.83. The lowest BCUT2D eigenvalue weighted by Crippen LogP contribution is -1.86. The molecule has 1 heterocycles. The number of aromatic nitrogens is 1. The maximum Gasteiger partial charge on any atom is 0.273 e. The van der Waals surface area contributed by atoms with Crippen LogP contribution in [0, 0.1) is 10.1 Å². The van der Waals surface area contributed by atoms with Gasteiger partial charge in [-0.25, -0.2) is 4.98 Å². The number of nitro groups is 1. The maximum absolute atomic E-state index is 10.7. The highest BCUT2D eigenvalue weighted by atomic mass is 35.5. The van der Waals surface area contributed by atoms with Gasteiger partial charge < -0.3 is 4.42 Å². The summed E-state index contributed by atoms with van der Waals surface area (Å²) in [5, 5.41) is 11.7. The Balaban J connectivity index is 2.17. The second kappa shape index (κ2) is 4.77. The van der Waals surface area contributed by atoms with Crippen LogP contribution in [0.15, 0.2) is 40.8 Å². The third-order valence-electron chi connectivity index (χ3n) is 2.74. The van der Waals surface area contributed by atoms with E-state index in [1.54, 1.807) is 18.2 Å². The summed E-state index contributed by atoms with van der Waals surface area (Å²) in [4.78, 5) is 14.5. The zero-order valence-electron chi connectivity index (χ0n) is 9.84. The van der Waals surface area contributed by atoms with Crippen molar-refractivity contribution in [1.29, 1.82) is 0 Å². The van der Waals surface area contributed by atoms with Gasteiger partial charge in [0, 0.05) is 11.1 Å². The van der Waals surface area contributed by atoms with Gasteiger partial charge in [0.1, 0.15) is 5.52 Å². The molecule has 0 saturated heterocycles. The van der Waals surface area contributed by atoms with Crippen LogP contribution in [0.2, 0.25) is 10.0 Å². The fourth-order valence-corrected chi connectivity index (χ4v) is 2.17. The maximum atomic E-state index is 10.7. The molecule has 1 aromatic heterocycles. The van der Waals surface area contributed by atoms with E-state index in [1.165, 1.54) is 18.2 Å². The summed E-state index contributed by atoms with van der Waals surface area (Å²) in [7, 11) is 0. The minimum atomic E-state index is -0.492. The summed E-state index contributed by atoms with van der Waals surface area (Å²) in [5.74, 6) is 0.271. The zero-order chi connectivity index (χ0) is 14.3. The first kappa shape index (κ1) is 12.9. The Bertz CT molecular complexity index is 830. The first-order valence-electron chi connectivity index (χ1n) is 5.55. The number of nitro benzene ring substituents is 1. The number of non-ortho nitro benzene ring substituents is 1. The minimum absolute atomic E-state index is 0.0580. The van der Waals surface area contributed by atoms with Crippen molar-refractivity contribution in [1.82, 2.24) is 4.98 Å². The third-order valence-corrected chi connectivity index (χ3v) is 3.31. The molecule has 0 radical (unpaired) electrons. The molecule has 2 aromatic carbocycles. The van der Waals surface area contributed by atoms with Gasteiger partial charge in [0.05, 0.1) is 21.6 Å². The molecule has 20 heavy (non-hydrogen) atoms. The SMILES string of the molecule is O=[N+]([O-])c1ccc2nc(-c3cc(Cl)ccc3Cl)oc2c1.